The van der Waals surface area contributed by atoms with Crippen LogP contribution < -0.4 is 24.8 Å². The number of amidine groups is 1. The average Bonchev–Trinajstić information content (AvgIpc) is 2.87. The second kappa shape index (κ2) is 12.5. The predicted octanol–water partition coefficient (Wildman–Crippen LogP) is 4.58. The minimum Gasteiger partial charge on any atom is -0.493 e. The van der Waals surface area contributed by atoms with Gasteiger partial charge in [-0.05, 0) is 43.7 Å². The Morgan fingerprint density at radius 1 is 1.11 bits per heavy atom. The summed E-state index contributed by atoms with van der Waals surface area (Å²) < 4.78 is 21.7. The number of nitrogens with one attached hydrogen (secondary N) is 2. The monoisotopic (exact) mass is 533 g/mol. The predicted molar refractivity (Wildman–Crippen MR) is 141 cm³/mol. The third-order valence-corrected chi connectivity index (χ3v) is 6.42. The van der Waals surface area contributed by atoms with Gasteiger partial charge in [-0.2, -0.15) is 0 Å². The van der Waals surface area contributed by atoms with E-state index in [0.717, 1.165) is 0 Å². The average molecular weight is 534 g/mol. The Labute approximate surface area is 219 Å². The molecule has 1 aliphatic heterocycles. The second-order valence-electron chi connectivity index (χ2n) is 7.50. The lowest BCUT2D eigenvalue weighted by molar-refractivity contribution is -0.139. The number of methoxy groups -OCH3 is 3. The number of para-hydroxylation sites is 1. The van der Waals surface area contributed by atoms with Crippen LogP contribution in [0.15, 0.2) is 52.7 Å². The number of hydrogen-bond acceptors (Lipinski definition) is 9. The Hall–Kier alpha value is -3.37. The molecule has 0 saturated heterocycles. The molecule has 2 N–H and O–H groups in total. The van der Waals surface area contributed by atoms with E-state index in [-0.39, 0.29) is 18.3 Å². The fraction of sp³-hybridized carbons (Fsp3) is 0.320. The SMILES string of the molecule is CCOC(=O)C1=C(C)NC(SCC(=O)Nc2ccccc2Cl)=N[C@@H]1c1cc(OC)c(OC)c(OC)c1. The Morgan fingerprint density at radius 3 is 2.36 bits per heavy atom. The molecule has 1 aliphatic rings. The van der Waals surface area contributed by atoms with Crippen LogP contribution in [0, 0.1) is 0 Å². The van der Waals surface area contributed by atoms with Crippen molar-refractivity contribution in [2.24, 2.45) is 4.99 Å². The Kier molecular flexibility index (Phi) is 9.49. The largest absolute Gasteiger partial charge is 0.493 e. The molecule has 1 amide bonds. The lowest BCUT2D eigenvalue weighted by Gasteiger charge is -2.26. The summed E-state index contributed by atoms with van der Waals surface area (Å²) in [4.78, 5) is 30.1. The van der Waals surface area contributed by atoms with Crippen LogP contribution in [-0.4, -0.2) is 50.7 Å². The van der Waals surface area contributed by atoms with E-state index in [2.05, 4.69) is 10.6 Å². The number of benzene rings is 2. The quantitative estimate of drug-likeness (QED) is 0.451. The number of esters is 1. The molecule has 3 rings (SSSR count). The molecule has 9 nitrogen and oxygen atoms in total. The lowest BCUT2D eigenvalue weighted by Crippen LogP contribution is -2.31. The molecule has 0 spiro atoms. The molecule has 192 valence electrons. The van der Waals surface area contributed by atoms with Crippen LogP contribution in [0.4, 0.5) is 5.69 Å². The number of carbonyl (C=O) groups is 2. The third kappa shape index (κ3) is 6.24. The van der Waals surface area contributed by atoms with Crippen molar-refractivity contribution in [3.63, 3.8) is 0 Å². The van der Waals surface area contributed by atoms with Gasteiger partial charge in [0.05, 0.1) is 50.0 Å². The Morgan fingerprint density at radius 2 is 1.78 bits per heavy atom. The summed E-state index contributed by atoms with van der Waals surface area (Å²) in [7, 11) is 4.54. The molecule has 0 fully saturated rings. The van der Waals surface area contributed by atoms with E-state index in [4.69, 9.17) is 35.5 Å². The number of aliphatic imine (C=N–C) groups is 1. The highest BCUT2D eigenvalue weighted by Crippen LogP contribution is 2.43. The van der Waals surface area contributed by atoms with Gasteiger partial charge in [0.15, 0.2) is 16.7 Å². The van der Waals surface area contributed by atoms with Crippen LogP contribution in [0.2, 0.25) is 5.02 Å². The van der Waals surface area contributed by atoms with Crippen molar-refractivity contribution in [3.05, 3.63) is 58.3 Å². The first-order valence-corrected chi connectivity index (χ1v) is 12.4. The van der Waals surface area contributed by atoms with Crippen molar-refractivity contribution in [2.45, 2.75) is 19.9 Å². The number of nitrogens with zero attached hydrogens (tertiary/aromatic N) is 1. The molecule has 11 heteroatoms. The van der Waals surface area contributed by atoms with E-state index in [1.165, 1.54) is 33.1 Å². The minimum absolute atomic E-state index is 0.0705. The first-order chi connectivity index (χ1) is 17.3. The van der Waals surface area contributed by atoms with Gasteiger partial charge in [-0.25, -0.2) is 9.79 Å². The number of thioether (sulfide) groups is 1. The maximum atomic E-state index is 12.9. The third-order valence-electron chi connectivity index (χ3n) is 5.20. The molecule has 36 heavy (non-hydrogen) atoms. The van der Waals surface area contributed by atoms with Crippen molar-refractivity contribution < 1.29 is 28.5 Å². The van der Waals surface area contributed by atoms with Gasteiger partial charge in [-0.1, -0.05) is 35.5 Å². The van der Waals surface area contributed by atoms with Crippen molar-refractivity contribution in [3.8, 4) is 17.2 Å². The first-order valence-electron chi connectivity index (χ1n) is 11.0. The second-order valence-corrected chi connectivity index (χ2v) is 8.87. The highest BCUT2D eigenvalue weighted by atomic mass is 35.5. The molecule has 1 atom stereocenters. The first kappa shape index (κ1) is 27.2. The fourth-order valence-electron chi connectivity index (χ4n) is 3.58. The van der Waals surface area contributed by atoms with E-state index >= 15 is 0 Å². The minimum atomic E-state index is -0.729. The molecular formula is C25H28ClN3O6S. The molecule has 0 aliphatic carbocycles. The lowest BCUT2D eigenvalue weighted by atomic mass is 9.96. The standard InChI is InChI=1S/C25H28ClN3O6S/c1-6-35-24(31)21-14(2)27-25(36-13-20(30)28-17-10-8-7-9-16(17)26)29-22(21)15-11-18(32-3)23(34-5)19(12-15)33-4/h7-12,22H,6,13H2,1-5H3,(H,27,29)(H,28,30)/t22-/m1/s1. The van der Waals surface area contributed by atoms with Crippen LogP contribution in [0.1, 0.15) is 25.5 Å². The summed E-state index contributed by atoms with van der Waals surface area (Å²) in [5, 5.41) is 6.81. The van der Waals surface area contributed by atoms with Gasteiger partial charge >= 0.3 is 5.97 Å². The van der Waals surface area contributed by atoms with E-state index in [1.54, 1.807) is 50.2 Å². The van der Waals surface area contributed by atoms with Gasteiger partial charge < -0.3 is 29.6 Å². The smallest absolute Gasteiger partial charge is 0.338 e. The molecular weight excluding hydrogens is 506 g/mol. The van der Waals surface area contributed by atoms with Gasteiger partial charge in [0.25, 0.3) is 0 Å². The van der Waals surface area contributed by atoms with Gasteiger partial charge in [-0.15, -0.1) is 0 Å². The number of carbonyl (C=O) groups excluding carboxylic acids is 2. The molecule has 2 aromatic carbocycles. The number of hydrogen-bond donors (Lipinski definition) is 2. The van der Waals surface area contributed by atoms with Gasteiger partial charge in [-0.3, -0.25) is 4.79 Å². The van der Waals surface area contributed by atoms with E-state index in [1.807, 2.05) is 0 Å². The number of halogens is 1. The highest BCUT2D eigenvalue weighted by molar-refractivity contribution is 8.14. The summed E-state index contributed by atoms with van der Waals surface area (Å²) in [5.41, 5.74) is 2.07. The topological polar surface area (TPSA) is 107 Å². The Balaban J connectivity index is 1.92. The van der Waals surface area contributed by atoms with Crippen LogP contribution in [0.25, 0.3) is 0 Å². The summed E-state index contributed by atoms with van der Waals surface area (Å²) >= 11 is 7.33. The highest BCUT2D eigenvalue weighted by Gasteiger charge is 2.32. The zero-order valence-corrected chi connectivity index (χ0v) is 22.2. The van der Waals surface area contributed by atoms with E-state index in [0.29, 0.717) is 50.0 Å². The van der Waals surface area contributed by atoms with Crippen LogP contribution in [-0.2, 0) is 14.3 Å². The summed E-state index contributed by atoms with van der Waals surface area (Å²) in [6.07, 6.45) is 0. The summed E-state index contributed by atoms with van der Waals surface area (Å²) in [5.74, 6) is 0.599. The molecule has 0 unspecified atom stereocenters. The molecule has 0 radical (unpaired) electrons. The van der Waals surface area contributed by atoms with Crippen molar-refractivity contribution in [2.75, 3.05) is 39.0 Å². The Bertz CT molecular complexity index is 1180. The van der Waals surface area contributed by atoms with Gasteiger partial charge in [0, 0.05) is 5.70 Å². The molecule has 2 aromatic rings. The van der Waals surface area contributed by atoms with Crippen LogP contribution >= 0.6 is 23.4 Å². The number of rotatable bonds is 9. The molecule has 0 bridgehead atoms. The van der Waals surface area contributed by atoms with Crippen molar-refractivity contribution >= 4 is 46.1 Å². The van der Waals surface area contributed by atoms with E-state index < -0.39 is 12.0 Å². The van der Waals surface area contributed by atoms with Crippen LogP contribution in [0.3, 0.4) is 0 Å². The molecule has 0 saturated carbocycles. The fourth-order valence-corrected chi connectivity index (χ4v) is 4.51. The number of ether oxygens (including phenoxy) is 4. The zero-order chi connectivity index (χ0) is 26.2. The maximum Gasteiger partial charge on any atom is 0.338 e. The summed E-state index contributed by atoms with van der Waals surface area (Å²) in [6.45, 7) is 3.71. The maximum absolute atomic E-state index is 12.9. The number of amides is 1. The van der Waals surface area contributed by atoms with Crippen molar-refractivity contribution in [1.82, 2.24) is 5.32 Å². The van der Waals surface area contributed by atoms with Gasteiger partial charge in [0.1, 0.15) is 6.04 Å². The number of allylic oxidation sites excluding steroid dienone is 1. The number of anilines is 1. The normalized spacial score (nSPS) is 14.9. The zero-order valence-electron chi connectivity index (χ0n) is 20.6. The van der Waals surface area contributed by atoms with Gasteiger partial charge in [0.2, 0.25) is 11.7 Å². The van der Waals surface area contributed by atoms with Crippen molar-refractivity contribution in [1.29, 1.82) is 0 Å². The molecule has 1 heterocycles. The summed E-state index contributed by atoms with van der Waals surface area (Å²) in [6, 6.07) is 9.74. The molecule has 0 aromatic heterocycles. The van der Waals surface area contributed by atoms with E-state index in [9.17, 15) is 9.59 Å². The van der Waals surface area contributed by atoms with Crippen LogP contribution in [0.5, 0.6) is 17.2 Å².